The zero-order valence-corrected chi connectivity index (χ0v) is 13.9. The number of fused-ring (bicyclic) bond motifs is 1. The number of nitrogens with zero attached hydrogens (tertiary/aromatic N) is 4. The third-order valence-electron chi connectivity index (χ3n) is 3.72. The predicted octanol–water partition coefficient (Wildman–Crippen LogP) is 2.63. The summed E-state index contributed by atoms with van der Waals surface area (Å²) in [6.45, 7) is 0.553. The van der Waals surface area contributed by atoms with Crippen molar-refractivity contribution < 1.29 is 4.79 Å². The predicted molar refractivity (Wildman–Crippen MR) is 90.5 cm³/mol. The van der Waals surface area contributed by atoms with Gasteiger partial charge in [0.25, 0.3) is 0 Å². The Morgan fingerprint density at radius 3 is 3.13 bits per heavy atom. The molecule has 1 amide bonds. The van der Waals surface area contributed by atoms with Gasteiger partial charge in [-0.1, -0.05) is 30.0 Å². The lowest BCUT2D eigenvalue weighted by Crippen LogP contribution is -2.24. The highest BCUT2D eigenvalue weighted by Crippen LogP contribution is 2.36. The summed E-state index contributed by atoms with van der Waals surface area (Å²) in [7, 11) is 0. The smallest absolute Gasteiger partial charge is 0.230 e. The van der Waals surface area contributed by atoms with Crippen LogP contribution >= 0.6 is 23.1 Å². The Kier molecular flexibility index (Phi) is 4.00. The van der Waals surface area contributed by atoms with E-state index in [2.05, 4.69) is 38.4 Å². The first-order chi connectivity index (χ1) is 11.3. The molecule has 4 rings (SSSR count). The Bertz CT molecular complexity index is 839. The van der Waals surface area contributed by atoms with Gasteiger partial charge in [0.15, 0.2) is 0 Å². The minimum atomic E-state index is -0.00405. The molecule has 1 saturated carbocycles. The summed E-state index contributed by atoms with van der Waals surface area (Å²) in [5.74, 6) is 0.324. The number of hydrogen-bond acceptors (Lipinski definition) is 6. The maximum Gasteiger partial charge on any atom is 0.230 e. The third-order valence-corrected chi connectivity index (χ3v) is 5.67. The van der Waals surface area contributed by atoms with E-state index in [9.17, 15) is 4.79 Å². The minimum Gasteiger partial charge on any atom is -0.351 e. The molecule has 1 aromatic carbocycles. The topological polar surface area (TPSA) is 72.7 Å². The number of benzene rings is 1. The van der Waals surface area contributed by atoms with Crippen LogP contribution in [-0.2, 0) is 11.3 Å². The first kappa shape index (κ1) is 14.6. The van der Waals surface area contributed by atoms with Crippen LogP contribution in [0.15, 0.2) is 34.8 Å². The number of nitrogens with one attached hydrogen (secondary N) is 1. The van der Waals surface area contributed by atoms with Crippen molar-refractivity contribution in [2.75, 3.05) is 5.75 Å². The molecule has 1 fully saturated rings. The number of thiophene rings is 1. The number of amides is 1. The van der Waals surface area contributed by atoms with Crippen molar-refractivity contribution in [1.29, 1.82) is 0 Å². The van der Waals surface area contributed by atoms with E-state index in [0.717, 1.165) is 23.6 Å². The van der Waals surface area contributed by atoms with Gasteiger partial charge in [0.2, 0.25) is 11.1 Å². The molecule has 0 saturated heterocycles. The zero-order chi connectivity index (χ0) is 15.6. The molecule has 3 aromatic rings. The lowest BCUT2D eigenvalue weighted by molar-refractivity contribution is -0.118. The summed E-state index contributed by atoms with van der Waals surface area (Å²) in [5, 5.41) is 18.7. The van der Waals surface area contributed by atoms with Crippen LogP contribution < -0.4 is 5.32 Å². The lowest BCUT2D eigenvalue weighted by Gasteiger charge is -2.05. The molecule has 118 valence electrons. The molecule has 0 aliphatic heterocycles. The van der Waals surface area contributed by atoms with Crippen molar-refractivity contribution in [2.45, 2.75) is 30.6 Å². The van der Waals surface area contributed by atoms with Crippen molar-refractivity contribution in [3.8, 4) is 0 Å². The third kappa shape index (κ3) is 3.23. The lowest BCUT2D eigenvalue weighted by atomic mass is 10.2. The number of hydrogen-bond donors (Lipinski definition) is 1. The SMILES string of the molecule is O=C(CSc1nnnn1C1CC1)NCc1csc2ccccc12. The number of tetrazole rings is 1. The fourth-order valence-electron chi connectivity index (χ4n) is 2.37. The van der Waals surface area contributed by atoms with Crippen molar-refractivity contribution in [2.24, 2.45) is 0 Å². The number of carbonyl (C=O) groups excluding carboxylic acids is 1. The Morgan fingerprint density at radius 1 is 1.39 bits per heavy atom. The monoisotopic (exact) mass is 345 g/mol. The molecule has 2 aromatic heterocycles. The summed E-state index contributed by atoms with van der Waals surface area (Å²) in [4.78, 5) is 12.1. The van der Waals surface area contributed by atoms with Crippen LogP contribution in [0.25, 0.3) is 10.1 Å². The molecular formula is C15H15N5OS2. The Labute approximate surface area is 141 Å². The molecule has 0 unspecified atom stereocenters. The maximum absolute atomic E-state index is 12.1. The van der Waals surface area contributed by atoms with Gasteiger partial charge in [-0.25, -0.2) is 4.68 Å². The molecule has 1 aliphatic carbocycles. The van der Waals surface area contributed by atoms with Crippen molar-refractivity contribution in [1.82, 2.24) is 25.5 Å². The number of rotatable bonds is 6. The fraction of sp³-hybridized carbons (Fsp3) is 0.333. The van der Waals surface area contributed by atoms with Gasteiger partial charge in [0.1, 0.15) is 0 Å². The summed E-state index contributed by atoms with van der Waals surface area (Å²) in [6, 6.07) is 8.66. The molecule has 23 heavy (non-hydrogen) atoms. The Balaban J connectivity index is 1.32. The molecule has 0 radical (unpaired) electrons. The van der Waals surface area contributed by atoms with E-state index in [4.69, 9.17) is 0 Å². The van der Waals surface area contributed by atoms with Gasteiger partial charge in [0, 0.05) is 11.2 Å². The fourth-order valence-corrected chi connectivity index (χ4v) is 4.11. The van der Waals surface area contributed by atoms with Crippen LogP contribution in [0.4, 0.5) is 0 Å². The van der Waals surface area contributed by atoms with Gasteiger partial charge in [0.05, 0.1) is 11.8 Å². The molecule has 0 bridgehead atoms. The van der Waals surface area contributed by atoms with Gasteiger partial charge in [-0.2, -0.15) is 0 Å². The van der Waals surface area contributed by atoms with Crippen LogP contribution in [-0.4, -0.2) is 31.9 Å². The van der Waals surface area contributed by atoms with E-state index in [0.29, 0.717) is 18.3 Å². The van der Waals surface area contributed by atoms with E-state index in [1.54, 1.807) is 11.3 Å². The molecule has 0 spiro atoms. The molecule has 6 nitrogen and oxygen atoms in total. The van der Waals surface area contributed by atoms with Crippen LogP contribution in [0.1, 0.15) is 24.4 Å². The van der Waals surface area contributed by atoms with E-state index in [1.165, 1.54) is 21.8 Å². The Hall–Kier alpha value is -1.93. The molecular weight excluding hydrogens is 330 g/mol. The normalized spacial score (nSPS) is 14.3. The average Bonchev–Trinajstić information content (AvgIpc) is 3.17. The number of aromatic nitrogens is 4. The average molecular weight is 345 g/mol. The second-order valence-corrected chi connectivity index (χ2v) is 7.31. The van der Waals surface area contributed by atoms with E-state index in [-0.39, 0.29) is 5.91 Å². The second kappa shape index (κ2) is 6.29. The van der Waals surface area contributed by atoms with Crippen molar-refractivity contribution >= 4 is 39.1 Å². The van der Waals surface area contributed by atoms with E-state index >= 15 is 0 Å². The number of thioether (sulfide) groups is 1. The van der Waals surface area contributed by atoms with Crippen LogP contribution in [0.3, 0.4) is 0 Å². The second-order valence-electron chi connectivity index (χ2n) is 5.46. The zero-order valence-electron chi connectivity index (χ0n) is 12.3. The van der Waals surface area contributed by atoms with Gasteiger partial charge in [-0.3, -0.25) is 4.79 Å². The summed E-state index contributed by atoms with van der Waals surface area (Å²) < 4.78 is 3.07. The first-order valence-electron chi connectivity index (χ1n) is 7.44. The van der Waals surface area contributed by atoms with Crippen molar-refractivity contribution in [3.05, 3.63) is 35.2 Å². The molecule has 0 atom stereocenters. The highest BCUT2D eigenvalue weighted by Gasteiger charge is 2.28. The first-order valence-corrected chi connectivity index (χ1v) is 9.30. The molecule has 1 N–H and O–H groups in total. The minimum absolute atomic E-state index is 0.00405. The highest BCUT2D eigenvalue weighted by atomic mass is 32.2. The van der Waals surface area contributed by atoms with Gasteiger partial charge >= 0.3 is 0 Å². The summed E-state index contributed by atoms with van der Waals surface area (Å²) >= 11 is 3.09. The number of carbonyl (C=O) groups is 1. The molecule has 8 heteroatoms. The van der Waals surface area contributed by atoms with Gasteiger partial charge < -0.3 is 5.32 Å². The van der Waals surface area contributed by atoms with Gasteiger partial charge in [-0.05, 0) is 45.7 Å². The van der Waals surface area contributed by atoms with E-state index in [1.807, 2.05) is 16.8 Å². The highest BCUT2D eigenvalue weighted by molar-refractivity contribution is 7.99. The Morgan fingerprint density at radius 2 is 2.26 bits per heavy atom. The van der Waals surface area contributed by atoms with Crippen molar-refractivity contribution in [3.63, 3.8) is 0 Å². The summed E-state index contributed by atoms with van der Waals surface area (Å²) in [6.07, 6.45) is 2.24. The summed E-state index contributed by atoms with van der Waals surface area (Å²) in [5.41, 5.74) is 1.16. The van der Waals surface area contributed by atoms with Gasteiger partial charge in [-0.15, -0.1) is 16.4 Å². The van der Waals surface area contributed by atoms with Crippen LogP contribution in [0.5, 0.6) is 0 Å². The standard InChI is InChI=1S/C15H15N5OS2/c21-14(9-23-15-17-18-19-20(15)11-5-6-11)16-7-10-8-22-13-4-2-1-3-12(10)13/h1-4,8,11H,5-7,9H2,(H,16,21). The quantitative estimate of drug-likeness (QED) is 0.695. The van der Waals surface area contributed by atoms with Crippen LogP contribution in [0, 0.1) is 0 Å². The maximum atomic E-state index is 12.1. The van der Waals surface area contributed by atoms with E-state index < -0.39 is 0 Å². The molecule has 1 aliphatic rings. The van der Waals surface area contributed by atoms with Crippen LogP contribution in [0.2, 0.25) is 0 Å². The molecule has 2 heterocycles. The largest absolute Gasteiger partial charge is 0.351 e.